The molecule has 1 aromatic heterocycles. The number of hydrogen-bond acceptors (Lipinski definition) is 4. The molecule has 0 amide bonds. The molecule has 0 aliphatic rings. The third-order valence-corrected chi connectivity index (χ3v) is 1.82. The summed E-state index contributed by atoms with van der Waals surface area (Å²) in [6.07, 6.45) is -2.87. The Kier molecular flexibility index (Phi) is 3.60. The smallest absolute Gasteiger partial charge is 0.354 e. The number of aromatic nitrogens is 1. The largest absolute Gasteiger partial charge is 0.491 e. The zero-order valence-electron chi connectivity index (χ0n) is 8.53. The van der Waals surface area contributed by atoms with Gasteiger partial charge in [-0.2, -0.15) is 0 Å². The van der Waals surface area contributed by atoms with Crippen LogP contribution < -0.4 is 9.47 Å². The van der Waals surface area contributed by atoms with Gasteiger partial charge in [-0.3, -0.25) is 0 Å². The summed E-state index contributed by atoms with van der Waals surface area (Å²) >= 11 is 0. The van der Waals surface area contributed by atoms with Crippen LogP contribution >= 0.6 is 0 Å². The molecule has 0 radical (unpaired) electrons. The van der Waals surface area contributed by atoms with Crippen molar-refractivity contribution >= 4 is 5.97 Å². The molecule has 0 aliphatic heterocycles. The third-order valence-electron chi connectivity index (χ3n) is 1.82. The van der Waals surface area contributed by atoms with E-state index in [0.29, 0.717) is 0 Å². The Labute approximate surface area is 89.6 Å². The number of ether oxygens (including phenoxy) is 2. The van der Waals surface area contributed by atoms with Crippen LogP contribution in [0.1, 0.15) is 22.5 Å². The number of rotatable bonds is 4. The van der Waals surface area contributed by atoms with Crippen molar-refractivity contribution in [2.45, 2.75) is 6.43 Å². The van der Waals surface area contributed by atoms with Gasteiger partial charge in [-0.15, -0.1) is 0 Å². The molecule has 1 N–H and O–H groups in total. The average molecular weight is 233 g/mol. The lowest BCUT2D eigenvalue weighted by Gasteiger charge is -2.11. The van der Waals surface area contributed by atoms with E-state index in [4.69, 9.17) is 9.84 Å². The molecule has 0 fully saturated rings. The highest BCUT2D eigenvalue weighted by Crippen LogP contribution is 2.35. The first-order valence-electron chi connectivity index (χ1n) is 4.15. The normalized spacial score (nSPS) is 10.3. The molecule has 0 aromatic carbocycles. The SMILES string of the molecule is COc1nc(C(=O)O)cc(C(F)F)c1OC. The number of methoxy groups -OCH3 is 2. The maximum Gasteiger partial charge on any atom is 0.354 e. The van der Waals surface area contributed by atoms with Gasteiger partial charge in [0.15, 0.2) is 11.4 Å². The molecule has 0 unspecified atom stereocenters. The van der Waals surface area contributed by atoms with E-state index in [-0.39, 0.29) is 11.6 Å². The molecule has 0 bridgehead atoms. The van der Waals surface area contributed by atoms with Crippen LogP contribution in [0.3, 0.4) is 0 Å². The van der Waals surface area contributed by atoms with Crippen molar-refractivity contribution in [3.05, 3.63) is 17.3 Å². The summed E-state index contributed by atoms with van der Waals surface area (Å²) < 4.78 is 34.6. The Hall–Kier alpha value is -1.92. The fraction of sp³-hybridized carbons (Fsp3) is 0.333. The minimum atomic E-state index is -2.87. The first-order chi connectivity index (χ1) is 7.51. The number of carboxylic acid groups (broad SMARTS) is 1. The number of alkyl halides is 2. The number of hydrogen-bond donors (Lipinski definition) is 1. The lowest BCUT2D eigenvalue weighted by Crippen LogP contribution is -2.06. The second-order valence-corrected chi connectivity index (χ2v) is 2.75. The molecule has 0 spiro atoms. The Morgan fingerprint density at radius 1 is 1.44 bits per heavy atom. The monoisotopic (exact) mass is 233 g/mol. The van der Waals surface area contributed by atoms with Crippen LogP contribution in [0.25, 0.3) is 0 Å². The van der Waals surface area contributed by atoms with Crippen molar-refractivity contribution < 1.29 is 28.2 Å². The first kappa shape index (κ1) is 12.2. The quantitative estimate of drug-likeness (QED) is 0.857. The van der Waals surface area contributed by atoms with Gasteiger partial charge in [0.1, 0.15) is 0 Å². The Morgan fingerprint density at radius 2 is 2.06 bits per heavy atom. The maximum atomic E-state index is 12.6. The van der Waals surface area contributed by atoms with Crippen LogP contribution in [-0.4, -0.2) is 30.3 Å². The standard InChI is InChI=1S/C9H9F2NO4/c1-15-6-4(7(10)11)3-5(9(13)14)12-8(6)16-2/h3,7H,1-2H3,(H,13,14). The van der Waals surface area contributed by atoms with E-state index in [1.165, 1.54) is 14.2 Å². The van der Waals surface area contributed by atoms with Crippen LogP contribution in [-0.2, 0) is 0 Å². The molecule has 0 saturated carbocycles. The van der Waals surface area contributed by atoms with Crippen molar-refractivity contribution in [1.29, 1.82) is 0 Å². The summed E-state index contributed by atoms with van der Waals surface area (Å²) in [6.45, 7) is 0. The molecule has 0 aliphatic carbocycles. The zero-order chi connectivity index (χ0) is 12.3. The van der Waals surface area contributed by atoms with E-state index >= 15 is 0 Å². The molecule has 5 nitrogen and oxygen atoms in total. The van der Waals surface area contributed by atoms with Crippen LogP contribution in [0.4, 0.5) is 8.78 Å². The van der Waals surface area contributed by atoms with Gasteiger partial charge in [0.05, 0.1) is 19.8 Å². The third kappa shape index (κ3) is 2.18. The molecule has 1 aromatic rings. The van der Waals surface area contributed by atoms with Gasteiger partial charge >= 0.3 is 5.97 Å². The number of nitrogens with zero attached hydrogens (tertiary/aromatic N) is 1. The molecule has 88 valence electrons. The second kappa shape index (κ2) is 4.73. The van der Waals surface area contributed by atoms with Crippen LogP contribution in [0.5, 0.6) is 11.6 Å². The molecular formula is C9H9F2NO4. The first-order valence-corrected chi connectivity index (χ1v) is 4.15. The predicted molar refractivity (Wildman–Crippen MR) is 49.3 cm³/mol. The summed E-state index contributed by atoms with van der Waals surface area (Å²) in [5, 5.41) is 8.67. The van der Waals surface area contributed by atoms with Gasteiger partial charge < -0.3 is 14.6 Å². The highest BCUT2D eigenvalue weighted by Gasteiger charge is 2.22. The fourth-order valence-corrected chi connectivity index (χ4v) is 1.14. The summed E-state index contributed by atoms with van der Waals surface area (Å²) in [6, 6.07) is 0.758. The molecule has 0 saturated heterocycles. The van der Waals surface area contributed by atoms with Crippen molar-refractivity contribution in [3.63, 3.8) is 0 Å². The number of carboxylic acids is 1. The molecular weight excluding hydrogens is 224 g/mol. The average Bonchev–Trinajstić information content (AvgIpc) is 2.26. The topological polar surface area (TPSA) is 68.7 Å². The zero-order valence-corrected chi connectivity index (χ0v) is 8.53. The number of pyridine rings is 1. The van der Waals surface area contributed by atoms with Crippen molar-refractivity contribution in [3.8, 4) is 11.6 Å². The number of halogens is 2. The van der Waals surface area contributed by atoms with Crippen LogP contribution in [0.2, 0.25) is 0 Å². The van der Waals surface area contributed by atoms with E-state index < -0.39 is 23.7 Å². The highest BCUT2D eigenvalue weighted by atomic mass is 19.3. The maximum absolute atomic E-state index is 12.6. The van der Waals surface area contributed by atoms with E-state index in [1.807, 2.05) is 0 Å². The van der Waals surface area contributed by atoms with Crippen molar-refractivity contribution in [2.75, 3.05) is 14.2 Å². The van der Waals surface area contributed by atoms with Gasteiger partial charge in [-0.05, 0) is 6.07 Å². The van der Waals surface area contributed by atoms with Crippen LogP contribution in [0, 0.1) is 0 Å². The fourth-order valence-electron chi connectivity index (χ4n) is 1.14. The van der Waals surface area contributed by atoms with Gasteiger partial charge in [0, 0.05) is 0 Å². The minimum absolute atomic E-state index is 0.262. The lowest BCUT2D eigenvalue weighted by atomic mass is 10.2. The second-order valence-electron chi connectivity index (χ2n) is 2.75. The molecule has 0 atom stereocenters. The minimum Gasteiger partial charge on any atom is -0.491 e. The summed E-state index contributed by atoms with van der Waals surface area (Å²) in [5.41, 5.74) is -1.08. The molecule has 1 rings (SSSR count). The van der Waals surface area contributed by atoms with Gasteiger partial charge in [0.25, 0.3) is 12.3 Å². The van der Waals surface area contributed by atoms with Crippen molar-refractivity contribution in [2.24, 2.45) is 0 Å². The van der Waals surface area contributed by atoms with E-state index in [9.17, 15) is 13.6 Å². The lowest BCUT2D eigenvalue weighted by molar-refractivity contribution is 0.0688. The van der Waals surface area contributed by atoms with E-state index in [0.717, 1.165) is 6.07 Å². The van der Waals surface area contributed by atoms with Crippen molar-refractivity contribution in [1.82, 2.24) is 4.98 Å². The predicted octanol–water partition coefficient (Wildman–Crippen LogP) is 1.73. The molecule has 7 heteroatoms. The van der Waals surface area contributed by atoms with Gasteiger partial charge in [0.2, 0.25) is 0 Å². The Morgan fingerprint density at radius 3 is 2.44 bits per heavy atom. The highest BCUT2D eigenvalue weighted by molar-refractivity contribution is 5.86. The number of carbonyl (C=O) groups is 1. The van der Waals surface area contributed by atoms with Gasteiger partial charge in [-0.25, -0.2) is 18.6 Å². The van der Waals surface area contributed by atoms with Crippen LogP contribution in [0.15, 0.2) is 6.07 Å². The summed E-state index contributed by atoms with van der Waals surface area (Å²) in [7, 11) is 2.36. The molecule has 16 heavy (non-hydrogen) atoms. The Balaban J connectivity index is 3.43. The number of aromatic carboxylic acids is 1. The van der Waals surface area contributed by atoms with E-state index in [2.05, 4.69) is 9.72 Å². The Bertz CT molecular complexity index is 409. The van der Waals surface area contributed by atoms with E-state index in [1.54, 1.807) is 0 Å². The molecule has 1 heterocycles. The summed E-state index contributed by atoms with van der Waals surface area (Å²) in [5.74, 6) is -1.96. The van der Waals surface area contributed by atoms with Gasteiger partial charge in [-0.1, -0.05) is 0 Å². The summed E-state index contributed by atoms with van der Waals surface area (Å²) in [4.78, 5) is 14.2.